The highest BCUT2D eigenvalue weighted by atomic mass is 35.5. The van der Waals surface area contributed by atoms with E-state index in [1.165, 1.54) is 11.8 Å². The Morgan fingerprint density at radius 1 is 1.00 bits per heavy atom. The molecule has 0 saturated heterocycles. The lowest BCUT2D eigenvalue weighted by atomic mass is 10.2. The zero-order valence-corrected chi connectivity index (χ0v) is 14.0. The maximum atomic E-state index is 11.9. The minimum Gasteiger partial charge on any atom is -0.324 e. The average Bonchev–Trinajstić information content (AvgIpc) is 2.45. The Morgan fingerprint density at radius 3 is 2.38 bits per heavy atom. The summed E-state index contributed by atoms with van der Waals surface area (Å²) in [5.41, 5.74) is 1.65. The summed E-state index contributed by atoms with van der Waals surface area (Å²) in [7, 11) is 0. The van der Waals surface area contributed by atoms with Crippen LogP contribution in [-0.2, 0) is 10.5 Å². The van der Waals surface area contributed by atoms with Gasteiger partial charge in [0.2, 0.25) is 5.91 Å². The van der Waals surface area contributed by atoms with Crippen LogP contribution < -0.4 is 5.32 Å². The van der Waals surface area contributed by atoms with Gasteiger partial charge in [0, 0.05) is 15.8 Å². The number of rotatable bonds is 5. The Morgan fingerprint density at radius 2 is 1.67 bits per heavy atom. The second-order valence-electron chi connectivity index (χ2n) is 4.29. The molecule has 0 aliphatic carbocycles. The molecule has 2 rings (SSSR count). The van der Waals surface area contributed by atoms with Crippen LogP contribution in [0.25, 0.3) is 0 Å². The van der Waals surface area contributed by atoms with Gasteiger partial charge in [-0.05, 0) is 35.9 Å². The van der Waals surface area contributed by atoms with Crippen LogP contribution in [0.2, 0.25) is 15.1 Å². The summed E-state index contributed by atoms with van der Waals surface area (Å²) in [6, 6.07) is 12.5. The van der Waals surface area contributed by atoms with Crippen molar-refractivity contribution in [1.82, 2.24) is 0 Å². The SMILES string of the molecule is O=C(CSCc1ccc(Cl)cc1)Nc1cc(Cl)ccc1Cl. The van der Waals surface area contributed by atoms with E-state index in [-0.39, 0.29) is 5.91 Å². The molecule has 0 saturated carbocycles. The van der Waals surface area contributed by atoms with Crippen molar-refractivity contribution >= 4 is 58.2 Å². The van der Waals surface area contributed by atoms with Crippen LogP contribution in [-0.4, -0.2) is 11.7 Å². The van der Waals surface area contributed by atoms with Crippen LogP contribution in [0.3, 0.4) is 0 Å². The fourth-order valence-electron chi connectivity index (χ4n) is 1.62. The number of carbonyl (C=O) groups excluding carboxylic acids is 1. The normalized spacial score (nSPS) is 10.4. The van der Waals surface area contributed by atoms with Crippen molar-refractivity contribution in [3.05, 3.63) is 63.1 Å². The molecule has 0 heterocycles. The summed E-state index contributed by atoms with van der Waals surface area (Å²) in [4.78, 5) is 11.9. The molecule has 21 heavy (non-hydrogen) atoms. The lowest BCUT2D eigenvalue weighted by Gasteiger charge is -2.07. The van der Waals surface area contributed by atoms with E-state index in [0.29, 0.717) is 26.5 Å². The van der Waals surface area contributed by atoms with Crippen molar-refractivity contribution in [1.29, 1.82) is 0 Å². The fourth-order valence-corrected chi connectivity index (χ4v) is 2.87. The van der Waals surface area contributed by atoms with Gasteiger partial charge in [0.15, 0.2) is 0 Å². The van der Waals surface area contributed by atoms with Crippen molar-refractivity contribution < 1.29 is 4.79 Å². The highest BCUT2D eigenvalue weighted by molar-refractivity contribution is 7.99. The molecule has 0 atom stereocenters. The summed E-state index contributed by atoms with van der Waals surface area (Å²) in [6.07, 6.45) is 0. The third-order valence-corrected chi connectivity index (χ3v) is 4.44. The molecule has 0 radical (unpaired) electrons. The summed E-state index contributed by atoms with van der Waals surface area (Å²) < 4.78 is 0. The van der Waals surface area contributed by atoms with Crippen molar-refractivity contribution in [3.63, 3.8) is 0 Å². The molecule has 0 spiro atoms. The predicted molar refractivity (Wildman–Crippen MR) is 92.7 cm³/mol. The van der Waals surface area contributed by atoms with Gasteiger partial charge in [-0.1, -0.05) is 46.9 Å². The van der Waals surface area contributed by atoms with Gasteiger partial charge in [-0.3, -0.25) is 4.79 Å². The van der Waals surface area contributed by atoms with Gasteiger partial charge in [0.05, 0.1) is 16.5 Å². The first kappa shape index (κ1) is 16.5. The van der Waals surface area contributed by atoms with E-state index in [2.05, 4.69) is 5.32 Å². The van der Waals surface area contributed by atoms with Crippen LogP contribution in [0, 0.1) is 0 Å². The van der Waals surface area contributed by atoms with E-state index < -0.39 is 0 Å². The molecule has 0 fully saturated rings. The highest BCUT2D eigenvalue weighted by Crippen LogP contribution is 2.25. The Hall–Kier alpha value is -0.870. The van der Waals surface area contributed by atoms with Gasteiger partial charge >= 0.3 is 0 Å². The first-order valence-electron chi connectivity index (χ1n) is 6.11. The van der Waals surface area contributed by atoms with Crippen LogP contribution in [0.15, 0.2) is 42.5 Å². The standard InChI is InChI=1S/C15H12Cl3NOS/c16-11-3-1-10(2-4-11)8-21-9-15(20)19-14-7-12(17)5-6-13(14)18/h1-7H,8-9H2,(H,19,20). The highest BCUT2D eigenvalue weighted by Gasteiger charge is 2.07. The molecule has 0 unspecified atom stereocenters. The molecule has 1 N–H and O–H groups in total. The molecule has 0 bridgehead atoms. The van der Waals surface area contributed by atoms with Gasteiger partial charge in [0.1, 0.15) is 0 Å². The number of nitrogens with one attached hydrogen (secondary N) is 1. The molecular weight excluding hydrogens is 349 g/mol. The first-order valence-corrected chi connectivity index (χ1v) is 8.40. The van der Waals surface area contributed by atoms with Gasteiger partial charge in [-0.2, -0.15) is 0 Å². The van der Waals surface area contributed by atoms with E-state index >= 15 is 0 Å². The minimum absolute atomic E-state index is 0.113. The fraction of sp³-hybridized carbons (Fsp3) is 0.133. The molecule has 0 aliphatic rings. The van der Waals surface area contributed by atoms with Crippen LogP contribution in [0.1, 0.15) is 5.56 Å². The van der Waals surface area contributed by atoms with E-state index in [4.69, 9.17) is 34.8 Å². The van der Waals surface area contributed by atoms with Crippen LogP contribution in [0.4, 0.5) is 5.69 Å². The lowest BCUT2D eigenvalue weighted by molar-refractivity contribution is -0.113. The van der Waals surface area contributed by atoms with E-state index in [1.54, 1.807) is 18.2 Å². The van der Waals surface area contributed by atoms with Gasteiger partial charge < -0.3 is 5.32 Å². The first-order chi connectivity index (χ1) is 10.0. The molecule has 0 aliphatic heterocycles. The van der Waals surface area contributed by atoms with E-state index in [1.807, 2.05) is 24.3 Å². The minimum atomic E-state index is -0.113. The number of hydrogen-bond acceptors (Lipinski definition) is 2. The number of carbonyl (C=O) groups is 1. The summed E-state index contributed by atoms with van der Waals surface area (Å²) in [6.45, 7) is 0. The van der Waals surface area contributed by atoms with Crippen LogP contribution in [0.5, 0.6) is 0 Å². The largest absolute Gasteiger partial charge is 0.324 e. The van der Waals surface area contributed by atoms with E-state index in [9.17, 15) is 4.79 Å². The lowest BCUT2D eigenvalue weighted by Crippen LogP contribution is -2.14. The van der Waals surface area contributed by atoms with Crippen molar-refractivity contribution in [2.75, 3.05) is 11.1 Å². The predicted octanol–water partition coefficient (Wildman–Crippen LogP) is 5.52. The maximum absolute atomic E-state index is 11.9. The van der Waals surface area contributed by atoms with E-state index in [0.717, 1.165) is 11.3 Å². The van der Waals surface area contributed by atoms with Crippen LogP contribution >= 0.6 is 46.6 Å². The number of anilines is 1. The third-order valence-electron chi connectivity index (χ3n) is 2.62. The second-order valence-corrected chi connectivity index (χ2v) is 6.56. The number of hydrogen-bond donors (Lipinski definition) is 1. The average molecular weight is 361 g/mol. The second kappa shape index (κ2) is 7.95. The summed E-state index contributed by atoms with van der Waals surface area (Å²) >= 11 is 19.2. The quantitative estimate of drug-likeness (QED) is 0.760. The number of halogens is 3. The summed E-state index contributed by atoms with van der Waals surface area (Å²) in [5, 5.41) is 4.45. The molecule has 6 heteroatoms. The van der Waals surface area contributed by atoms with Crippen molar-refractivity contribution in [2.24, 2.45) is 0 Å². The molecule has 2 aromatic carbocycles. The maximum Gasteiger partial charge on any atom is 0.234 e. The smallest absolute Gasteiger partial charge is 0.234 e. The van der Waals surface area contributed by atoms with Gasteiger partial charge in [-0.15, -0.1) is 11.8 Å². The molecule has 2 aromatic rings. The van der Waals surface area contributed by atoms with Crippen molar-refractivity contribution in [2.45, 2.75) is 5.75 Å². The zero-order valence-electron chi connectivity index (χ0n) is 10.9. The molecule has 1 amide bonds. The molecule has 110 valence electrons. The van der Waals surface area contributed by atoms with Crippen molar-refractivity contribution in [3.8, 4) is 0 Å². The topological polar surface area (TPSA) is 29.1 Å². The summed E-state index contributed by atoms with van der Waals surface area (Å²) in [5.74, 6) is 0.970. The molecule has 2 nitrogen and oxygen atoms in total. The molecule has 0 aromatic heterocycles. The third kappa shape index (κ3) is 5.44. The van der Waals surface area contributed by atoms with Gasteiger partial charge in [-0.25, -0.2) is 0 Å². The Kier molecular flexibility index (Phi) is 6.24. The number of thioether (sulfide) groups is 1. The Labute approximate surface area is 142 Å². The monoisotopic (exact) mass is 359 g/mol. The zero-order chi connectivity index (χ0) is 15.2. The molecular formula is C15H12Cl3NOS. The van der Waals surface area contributed by atoms with Gasteiger partial charge in [0.25, 0.3) is 0 Å². The number of benzene rings is 2. The Balaban J connectivity index is 1.82. The Bertz CT molecular complexity index is 631. The number of amides is 1.